The van der Waals surface area contributed by atoms with E-state index in [4.69, 9.17) is 9.47 Å². The van der Waals surface area contributed by atoms with Gasteiger partial charge in [-0.05, 0) is 41.1 Å². The number of nitrogens with zero attached hydrogens (tertiary/aromatic N) is 2. The molecule has 0 atom stereocenters. The maximum absolute atomic E-state index is 13.8. The van der Waals surface area contributed by atoms with E-state index in [0.29, 0.717) is 28.4 Å². The number of anilines is 1. The van der Waals surface area contributed by atoms with Crippen molar-refractivity contribution in [2.75, 3.05) is 19.1 Å². The molecule has 0 bridgehead atoms. The van der Waals surface area contributed by atoms with Crippen LogP contribution in [-0.4, -0.2) is 26.5 Å². The van der Waals surface area contributed by atoms with Gasteiger partial charge in [0.05, 0.1) is 19.9 Å². The molecule has 0 radical (unpaired) electrons. The number of rotatable bonds is 6. The Hall–Kier alpha value is -4.12. The summed E-state index contributed by atoms with van der Waals surface area (Å²) in [6.45, 7) is 0. The molecule has 1 amide bonds. The Morgan fingerprint density at radius 1 is 0.774 bits per heavy atom. The second kappa shape index (κ2) is 9.13. The predicted molar refractivity (Wildman–Crippen MR) is 125 cm³/mol. The molecule has 0 aliphatic carbocycles. The molecule has 4 rings (SSSR count). The van der Waals surface area contributed by atoms with Crippen LogP contribution >= 0.6 is 0 Å². The topological polar surface area (TPSA) is 51.1 Å². The zero-order chi connectivity index (χ0) is 21.6. The van der Waals surface area contributed by atoms with Gasteiger partial charge in [0.1, 0.15) is 23.5 Å². The summed E-state index contributed by atoms with van der Waals surface area (Å²) in [7, 11) is 3.17. The van der Waals surface area contributed by atoms with Gasteiger partial charge < -0.3 is 9.47 Å². The molecule has 5 heteroatoms. The van der Waals surface area contributed by atoms with Crippen LogP contribution in [0.25, 0.3) is 10.8 Å². The Bertz CT molecular complexity index is 1240. The molecule has 0 N–H and O–H groups in total. The summed E-state index contributed by atoms with van der Waals surface area (Å²) in [5.74, 6) is 0.985. The molecule has 4 aromatic rings. The maximum Gasteiger partial charge on any atom is 0.264 e. The first-order valence-corrected chi connectivity index (χ1v) is 9.84. The van der Waals surface area contributed by atoms with Crippen LogP contribution in [0, 0.1) is 0 Å². The van der Waals surface area contributed by atoms with Gasteiger partial charge in [-0.1, -0.05) is 60.7 Å². The summed E-state index contributed by atoms with van der Waals surface area (Å²) in [5.41, 5.74) is 1.80. The van der Waals surface area contributed by atoms with Crippen LogP contribution in [-0.2, 0) is 0 Å². The SMILES string of the molecule is COc1ccccc1N=CN(C(=O)c1cccc2ccccc12)c1ccccc1OC. The van der Waals surface area contributed by atoms with Crippen LogP contribution in [0.3, 0.4) is 0 Å². The van der Waals surface area contributed by atoms with Crippen molar-refractivity contribution >= 4 is 34.4 Å². The number of aliphatic imine (C=N–C) groups is 1. The Morgan fingerprint density at radius 3 is 2.23 bits per heavy atom. The van der Waals surface area contributed by atoms with E-state index in [1.165, 1.54) is 11.2 Å². The van der Waals surface area contributed by atoms with Crippen molar-refractivity contribution in [3.8, 4) is 11.5 Å². The van der Waals surface area contributed by atoms with Crippen molar-refractivity contribution < 1.29 is 14.3 Å². The van der Waals surface area contributed by atoms with Gasteiger partial charge in [-0.3, -0.25) is 9.69 Å². The molecular formula is C26H22N2O3. The molecule has 0 saturated heterocycles. The number of benzene rings is 4. The largest absolute Gasteiger partial charge is 0.495 e. The first-order valence-electron chi connectivity index (χ1n) is 9.84. The first kappa shape index (κ1) is 20.2. The fourth-order valence-electron chi connectivity index (χ4n) is 3.45. The van der Waals surface area contributed by atoms with E-state index in [1.54, 1.807) is 14.2 Å². The Kier molecular flexibility index (Phi) is 5.94. The van der Waals surface area contributed by atoms with Crippen molar-refractivity contribution in [1.82, 2.24) is 0 Å². The molecule has 0 aliphatic rings. The molecule has 0 heterocycles. The highest BCUT2D eigenvalue weighted by molar-refractivity contribution is 6.21. The minimum absolute atomic E-state index is 0.208. The van der Waals surface area contributed by atoms with Crippen LogP contribution in [0.15, 0.2) is 96.0 Å². The highest BCUT2D eigenvalue weighted by atomic mass is 16.5. The summed E-state index contributed by atoms with van der Waals surface area (Å²) in [5, 5.41) is 1.87. The second-order valence-corrected chi connectivity index (χ2v) is 6.79. The summed E-state index contributed by atoms with van der Waals surface area (Å²) in [4.78, 5) is 19.8. The summed E-state index contributed by atoms with van der Waals surface area (Å²) in [6.07, 6.45) is 1.51. The van der Waals surface area contributed by atoms with Crippen molar-refractivity contribution in [3.05, 3.63) is 96.6 Å². The summed E-state index contributed by atoms with van der Waals surface area (Å²) < 4.78 is 10.9. The minimum Gasteiger partial charge on any atom is -0.495 e. The number of para-hydroxylation sites is 4. The predicted octanol–water partition coefficient (Wildman–Crippen LogP) is 5.86. The zero-order valence-electron chi connectivity index (χ0n) is 17.4. The molecule has 31 heavy (non-hydrogen) atoms. The number of amides is 1. The Balaban J connectivity index is 1.84. The lowest BCUT2D eigenvalue weighted by Crippen LogP contribution is -2.30. The Labute approximate surface area is 181 Å². The zero-order valence-corrected chi connectivity index (χ0v) is 17.4. The van der Waals surface area contributed by atoms with E-state index in [0.717, 1.165) is 10.8 Å². The normalized spacial score (nSPS) is 10.9. The van der Waals surface area contributed by atoms with E-state index in [-0.39, 0.29) is 5.91 Å². The molecule has 0 aromatic heterocycles. The molecule has 154 valence electrons. The van der Waals surface area contributed by atoms with Crippen LogP contribution in [0.1, 0.15) is 10.4 Å². The maximum atomic E-state index is 13.8. The van der Waals surface area contributed by atoms with Crippen LogP contribution < -0.4 is 14.4 Å². The van der Waals surface area contributed by atoms with E-state index < -0.39 is 0 Å². The Morgan fingerprint density at radius 2 is 1.42 bits per heavy atom. The van der Waals surface area contributed by atoms with Gasteiger partial charge >= 0.3 is 0 Å². The van der Waals surface area contributed by atoms with E-state index in [2.05, 4.69) is 4.99 Å². The van der Waals surface area contributed by atoms with Gasteiger partial charge in [-0.2, -0.15) is 0 Å². The third-order valence-electron chi connectivity index (χ3n) is 4.98. The van der Waals surface area contributed by atoms with Crippen molar-refractivity contribution in [2.24, 2.45) is 4.99 Å². The summed E-state index contributed by atoms with van der Waals surface area (Å²) in [6, 6.07) is 28.3. The number of hydrogen-bond donors (Lipinski definition) is 0. The molecule has 4 aromatic carbocycles. The molecule has 5 nitrogen and oxygen atoms in total. The third kappa shape index (κ3) is 4.12. The molecule has 0 spiro atoms. The second-order valence-electron chi connectivity index (χ2n) is 6.79. The number of carbonyl (C=O) groups excluding carboxylic acids is 1. The highest BCUT2D eigenvalue weighted by Gasteiger charge is 2.21. The highest BCUT2D eigenvalue weighted by Crippen LogP contribution is 2.31. The van der Waals surface area contributed by atoms with Crippen LogP contribution in [0.4, 0.5) is 11.4 Å². The number of hydrogen-bond acceptors (Lipinski definition) is 4. The van der Waals surface area contributed by atoms with Crippen LogP contribution in [0.5, 0.6) is 11.5 Å². The lowest BCUT2D eigenvalue weighted by molar-refractivity contribution is 0.100. The standard InChI is InChI=1S/C26H22N2O3/c1-30-24-16-7-5-14-22(24)27-18-28(23-15-6-8-17-25(23)31-2)26(29)21-13-9-11-19-10-3-4-12-20(19)21/h3-18H,1-2H3. The smallest absolute Gasteiger partial charge is 0.264 e. The molecule has 0 aliphatic heterocycles. The quantitative estimate of drug-likeness (QED) is 0.295. The van der Waals surface area contributed by atoms with Gasteiger partial charge in [0.15, 0.2) is 0 Å². The van der Waals surface area contributed by atoms with E-state index in [1.807, 2.05) is 91.0 Å². The lowest BCUT2D eigenvalue weighted by Gasteiger charge is -2.21. The average Bonchev–Trinajstić information content (AvgIpc) is 2.84. The molecular weight excluding hydrogens is 388 g/mol. The van der Waals surface area contributed by atoms with Gasteiger partial charge in [-0.25, -0.2) is 4.99 Å². The van der Waals surface area contributed by atoms with Gasteiger partial charge in [0.2, 0.25) is 0 Å². The van der Waals surface area contributed by atoms with E-state index in [9.17, 15) is 4.79 Å². The third-order valence-corrected chi connectivity index (χ3v) is 4.98. The lowest BCUT2D eigenvalue weighted by atomic mass is 10.0. The molecule has 0 saturated carbocycles. The fourth-order valence-corrected chi connectivity index (χ4v) is 3.45. The van der Waals surface area contributed by atoms with Gasteiger partial charge in [-0.15, -0.1) is 0 Å². The van der Waals surface area contributed by atoms with Crippen molar-refractivity contribution in [1.29, 1.82) is 0 Å². The van der Waals surface area contributed by atoms with Crippen molar-refractivity contribution in [3.63, 3.8) is 0 Å². The fraction of sp³-hybridized carbons (Fsp3) is 0.0769. The number of ether oxygens (including phenoxy) is 2. The monoisotopic (exact) mass is 410 g/mol. The minimum atomic E-state index is -0.208. The van der Waals surface area contributed by atoms with Crippen LogP contribution in [0.2, 0.25) is 0 Å². The number of carbonyl (C=O) groups is 1. The number of methoxy groups -OCH3 is 2. The number of fused-ring (bicyclic) bond motifs is 1. The summed E-state index contributed by atoms with van der Waals surface area (Å²) >= 11 is 0. The van der Waals surface area contributed by atoms with Gasteiger partial charge in [0.25, 0.3) is 5.91 Å². The van der Waals surface area contributed by atoms with Crippen molar-refractivity contribution in [2.45, 2.75) is 0 Å². The molecule has 0 fully saturated rings. The average molecular weight is 410 g/mol. The van der Waals surface area contributed by atoms with E-state index >= 15 is 0 Å². The van der Waals surface area contributed by atoms with Gasteiger partial charge in [0, 0.05) is 5.56 Å². The molecule has 0 unspecified atom stereocenters. The first-order chi connectivity index (χ1) is 15.2.